The van der Waals surface area contributed by atoms with Crippen LogP contribution in [0.3, 0.4) is 0 Å². The number of ether oxygens (including phenoxy) is 1. The van der Waals surface area contributed by atoms with Crippen LogP contribution in [-0.2, 0) is 4.74 Å². The SMILES string of the molecule is CCCCOCCNC(C)C(C)(C)C. The van der Waals surface area contributed by atoms with Gasteiger partial charge in [0.2, 0.25) is 0 Å². The Morgan fingerprint density at radius 2 is 1.86 bits per heavy atom. The molecule has 0 aromatic carbocycles. The first kappa shape index (κ1) is 13.9. The quantitative estimate of drug-likeness (QED) is 0.640. The first-order valence-electron chi connectivity index (χ1n) is 5.79. The lowest BCUT2D eigenvalue weighted by molar-refractivity contribution is 0.126. The van der Waals surface area contributed by atoms with Crippen molar-refractivity contribution in [3.05, 3.63) is 0 Å². The molecule has 0 rings (SSSR count). The minimum atomic E-state index is 0.337. The second-order valence-electron chi connectivity index (χ2n) is 5.01. The molecule has 0 saturated heterocycles. The molecule has 0 heterocycles. The van der Waals surface area contributed by atoms with Gasteiger partial charge in [-0.15, -0.1) is 0 Å². The molecular formula is C12H27NO. The molecule has 0 bridgehead atoms. The molecule has 0 saturated carbocycles. The summed E-state index contributed by atoms with van der Waals surface area (Å²) in [6.45, 7) is 13.9. The third-order valence-electron chi connectivity index (χ3n) is 2.64. The van der Waals surface area contributed by atoms with Crippen LogP contribution in [0.15, 0.2) is 0 Å². The van der Waals surface area contributed by atoms with Gasteiger partial charge in [0.25, 0.3) is 0 Å². The lowest BCUT2D eigenvalue weighted by Crippen LogP contribution is -2.39. The van der Waals surface area contributed by atoms with E-state index >= 15 is 0 Å². The Kier molecular flexibility index (Phi) is 7.20. The molecule has 0 aliphatic heterocycles. The van der Waals surface area contributed by atoms with E-state index in [1.54, 1.807) is 0 Å². The summed E-state index contributed by atoms with van der Waals surface area (Å²) in [4.78, 5) is 0. The molecule has 1 unspecified atom stereocenters. The van der Waals surface area contributed by atoms with Crippen molar-refractivity contribution in [2.45, 2.75) is 53.5 Å². The summed E-state index contributed by atoms with van der Waals surface area (Å²) in [6, 6.07) is 0.539. The van der Waals surface area contributed by atoms with E-state index < -0.39 is 0 Å². The zero-order chi connectivity index (χ0) is 11.0. The van der Waals surface area contributed by atoms with Crippen LogP contribution in [0.4, 0.5) is 0 Å². The van der Waals surface area contributed by atoms with E-state index in [1.165, 1.54) is 12.8 Å². The second kappa shape index (κ2) is 7.24. The Morgan fingerprint density at radius 3 is 2.36 bits per heavy atom. The Balaban J connectivity index is 3.28. The highest BCUT2D eigenvalue weighted by atomic mass is 16.5. The molecule has 14 heavy (non-hydrogen) atoms. The molecule has 2 nitrogen and oxygen atoms in total. The second-order valence-corrected chi connectivity index (χ2v) is 5.01. The van der Waals surface area contributed by atoms with E-state index in [0.29, 0.717) is 11.5 Å². The Morgan fingerprint density at radius 1 is 1.21 bits per heavy atom. The van der Waals surface area contributed by atoms with Gasteiger partial charge in [0.05, 0.1) is 6.61 Å². The van der Waals surface area contributed by atoms with Gasteiger partial charge in [0, 0.05) is 19.2 Å². The molecule has 1 N–H and O–H groups in total. The molecule has 0 fully saturated rings. The smallest absolute Gasteiger partial charge is 0.0591 e. The molecule has 0 aromatic heterocycles. The zero-order valence-corrected chi connectivity index (χ0v) is 10.5. The van der Waals surface area contributed by atoms with E-state index in [1.807, 2.05) is 0 Å². The van der Waals surface area contributed by atoms with Crippen LogP contribution in [0.2, 0.25) is 0 Å². The highest BCUT2D eigenvalue weighted by molar-refractivity contribution is 4.75. The standard InChI is InChI=1S/C12H27NO/c1-6-7-9-14-10-8-13-11(2)12(3,4)5/h11,13H,6-10H2,1-5H3. The van der Waals surface area contributed by atoms with Gasteiger partial charge >= 0.3 is 0 Å². The monoisotopic (exact) mass is 201 g/mol. The molecule has 0 radical (unpaired) electrons. The molecule has 86 valence electrons. The first-order valence-corrected chi connectivity index (χ1v) is 5.79. The molecule has 0 spiro atoms. The van der Waals surface area contributed by atoms with Gasteiger partial charge in [-0.3, -0.25) is 0 Å². The van der Waals surface area contributed by atoms with Crippen LogP contribution in [0, 0.1) is 5.41 Å². The number of rotatable bonds is 7. The summed E-state index contributed by atoms with van der Waals surface area (Å²) < 4.78 is 5.47. The summed E-state index contributed by atoms with van der Waals surface area (Å²) in [7, 11) is 0. The molecule has 0 amide bonds. The number of nitrogens with one attached hydrogen (secondary N) is 1. The molecular weight excluding hydrogens is 174 g/mol. The van der Waals surface area contributed by atoms with Gasteiger partial charge in [0.15, 0.2) is 0 Å². The number of unbranched alkanes of at least 4 members (excludes halogenated alkanes) is 1. The average molecular weight is 201 g/mol. The van der Waals surface area contributed by atoms with Crippen LogP contribution in [-0.4, -0.2) is 25.8 Å². The summed E-state index contributed by atoms with van der Waals surface area (Å²) in [5, 5.41) is 3.47. The number of hydrogen-bond donors (Lipinski definition) is 1. The maximum atomic E-state index is 5.47. The third-order valence-corrected chi connectivity index (χ3v) is 2.64. The van der Waals surface area contributed by atoms with Crippen LogP contribution < -0.4 is 5.32 Å². The van der Waals surface area contributed by atoms with Gasteiger partial charge in [-0.1, -0.05) is 34.1 Å². The Hall–Kier alpha value is -0.0800. The fourth-order valence-corrected chi connectivity index (χ4v) is 1.00. The summed E-state index contributed by atoms with van der Waals surface area (Å²) in [5.41, 5.74) is 0.337. The molecule has 0 aromatic rings. The maximum Gasteiger partial charge on any atom is 0.0591 e. The molecule has 1 atom stereocenters. The van der Waals surface area contributed by atoms with Gasteiger partial charge in [-0.05, 0) is 18.8 Å². The van der Waals surface area contributed by atoms with E-state index in [2.05, 4.69) is 39.9 Å². The summed E-state index contributed by atoms with van der Waals surface area (Å²) in [5.74, 6) is 0. The minimum absolute atomic E-state index is 0.337. The third kappa shape index (κ3) is 7.34. The Bertz CT molecular complexity index is 129. The van der Waals surface area contributed by atoms with Crippen molar-refractivity contribution < 1.29 is 4.74 Å². The number of hydrogen-bond acceptors (Lipinski definition) is 2. The van der Waals surface area contributed by atoms with E-state index in [4.69, 9.17) is 4.74 Å². The predicted molar refractivity (Wildman–Crippen MR) is 62.6 cm³/mol. The van der Waals surface area contributed by atoms with Gasteiger partial charge < -0.3 is 10.1 Å². The van der Waals surface area contributed by atoms with Crippen molar-refractivity contribution in [2.75, 3.05) is 19.8 Å². The predicted octanol–water partition coefficient (Wildman–Crippen LogP) is 2.83. The van der Waals surface area contributed by atoms with Crippen LogP contribution in [0.1, 0.15) is 47.5 Å². The lowest BCUT2D eigenvalue weighted by Gasteiger charge is -2.28. The average Bonchev–Trinajstić information content (AvgIpc) is 2.09. The molecule has 0 aliphatic carbocycles. The fraction of sp³-hybridized carbons (Fsp3) is 1.00. The van der Waals surface area contributed by atoms with Crippen molar-refractivity contribution in [3.8, 4) is 0 Å². The van der Waals surface area contributed by atoms with Crippen molar-refractivity contribution >= 4 is 0 Å². The van der Waals surface area contributed by atoms with Gasteiger partial charge in [-0.2, -0.15) is 0 Å². The minimum Gasteiger partial charge on any atom is -0.380 e. The maximum absolute atomic E-state index is 5.47. The van der Waals surface area contributed by atoms with Gasteiger partial charge in [-0.25, -0.2) is 0 Å². The normalized spacial score (nSPS) is 14.4. The molecule has 2 heteroatoms. The first-order chi connectivity index (χ1) is 6.48. The van der Waals surface area contributed by atoms with Crippen molar-refractivity contribution in [1.29, 1.82) is 0 Å². The lowest BCUT2D eigenvalue weighted by atomic mass is 9.88. The summed E-state index contributed by atoms with van der Waals surface area (Å²) >= 11 is 0. The van der Waals surface area contributed by atoms with Crippen LogP contribution >= 0.6 is 0 Å². The van der Waals surface area contributed by atoms with Gasteiger partial charge in [0.1, 0.15) is 0 Å². The fourth-order valence-electron chi connectivity index (χ4n) is 1.00. The highest BCUT2D eigenvalue weighted by Gasteiger charge is 2.18. The van der Waals surface area contributed by atoms with E-state index in [0.717, 1.165) is 19.8 Å². The van der Waals surface area contributed by atoms with E-state index in [-0.39, 0.29) is 0 Å². The van der Waals surface area contributed by atoms with Crippen molar-refractivity contribution in [1.82, 2.24) is 5.32 Å². The zero-order valence-electron chi connectivity index (χ0n) is 10.5. The van der Waals surface area contributed by atoms with Crippen LogP contribution in [0.25, 0.3) is 0 Å². The van der Waals surface area contributed by atoms with Crippen molar-refractivity contribution in [3.63, 3.8) is 0 Å². The summed E-state index contributed by atoms with van der Waals surface area (Å²) in [6.07, 6.45) is 2.39. The van der Waals surface area contributed by atoms with E-state index in [9.17, 15) is 0 Å². The Labute approximate surface area is 89.4 Å². The highest BCUT2D eigenvalue weighted by Crippen LogP contribution is 2.17. The molecule has 0 aliphatic rings. The largest absolute Gasteiger partial charge is 0.380 e. The van der Waals surface area contributed by atoms with Crippen LogP contribution in [0.5, 0.6) is 0 Å². The van der Waals surface area contributed by atoms with Crippen molar-refractivity contribution in [2.24, 2.45) is 5.41 Å². The topological polar surface area (TPSA) is 21.3 Å².